The Bertz CT molecular complexity index is 476. The largest absolute Gasteiger partial charge is 0.299 e. The van der Waals surface area contributed by atoms with Crippen LogP contribution in [0.25, 0.3) is 0 Å². The van der Waals surface area contributed by atoms with Crippen LogP contribution in [0.15, 0.2) is 6.33 Å². The first-order chi connectivity index (χ1) is 9.63. The Hall–Kier alpha value is -1.27. The number of hydrogen-bond acceptors (Lipinski definition) is 5. The molecule has 0 spiro atoms. The molecule has 0 amide bonds. The summed E-state index contributed by atoms with van der Waals surface area (Å²) in [6, 6.07) is 0.0571. The SMILES string of the molecule is CC(C)Cn1ncnc1CC(=O)C1CN2CCN1CC2. The summed E-state index contributed by atoms with van der Waals surface area (Å²) in [5, 5.41) is 4.23. The van der Waals surface area contributed by atoms with Gasteiger partial charge < -0.3 is 0 Å². The first-order valence-corrected chi connectivity index (χ1v) is 7.49. The standard InChI is InChI=1S/C14H23N5O/c1-11(2)8-19-14(15-10-16-19)7-13(20)12-9-17-3-5-18(12)6-4-17/h10-12H,3-9H2,1-2H3. The molecule has 0 aromatic carbocycles. The number of piperazine rings is 3. The van der Waals surface area contributed by atoms with E-state index in [4.69, 9.17) is 0 Å². The number of hydrogen-bond donors (Lipinski definition) is 0. The molecule has 1 aromatic heterocycles. The molecule has 20 heavy (non-hydrogen) atoms. The van der Waals surface area contributed by atoms with Gasteiger partial charge in [-0.05, 0) is 5.92 Å². The van der Waals surface area contributed by atoms with Gasteiger partial charge in [-0.15, -0.1) is 0 Å². The first kappa shape index (κ1) is 13.7. The molecule has 1 aromatic rings. The van der Waals surface area contributed by atoms with Gasteiger partial charge in [0.2, 0.25) is 0 Å². The van der Waals surface area contributed by atoms with Gasteiger partial charge in [0.25, 0.3) is 0 Å². The predicted molar refractivity (Wildman–Crippen MR) is 75.4 cm³/mol. The van der Waals surface area contributed by atoms with Crippen molar-refractivity contribution in [2.24, 2.45) is 5.92 Å². The zero-order chi connectivity index (χ0) is 14.1. The highest BCUT2D eigenvalue weighted by atomic mass is 16.1. The Morgan fingerprint density at radius 2 is 2.10 bits per heavy atom. The van der Waals surface area contributed by atoms with Crippen LogP contribution in [0, 0.1) is 5.92 Å². The van der Waals surface area contributed by atoms with E-state index in [0.717, 1.165) is 45.1 Å². The van der Waals surface area contributed by atoms with E-state index in [1.807, 2.05) is 4.68 Å². The fourth-order valence-electron chi connectivity index (χ4n) is 3.12. The lowest BCUT2D eigenvalue weighted by molar-refractivity contribution is -0.128. The van der Waals surface area contributed by atoms with Crippen LogP contribution in [0.5, 0.6) is 0 Å². The molecule has 0 saturated carbocycles. The molecule has 0 N–H and O–H groups in total. The van der Waals surface area contributed by atoms with Crippen LogP contribution < -0.4 is 0 Å². The van der Waals surface area contributed by atoms with Gasteiger partial charge in [-0.1, -0.05) is 13.8 Å². The van der Waals surface area contributed by atoms with E-state index < -0.39 is 0 Å². The lowest BCUT2D eigenvalue weighted by Crippen LogP contribution is -2.63. The van der Waals surface area contributed by atoms with Crippen LogP contribution in [-0.4, -0.2) is 69.1 Å². The zero-order valence-electron chi connectivity index (χ0n) is 12.3. The van der Waals surface area contributed by atoms with Gasteiger partial charge in [0.15, 0.2) is 5.78 Å². The Morgan fingerprint density at radius 3 is 2.70 bits per heavy atom. The molecule has 4 heterocycles. The fourth-order valence-corrected chi connectivity index (χ4v) is 3.12. The smallest absolute Gasteiger partial charge is 0.158 e. The van der Waals surface area contributed by atoms with E-state index in [1.54, 1.807) is 6.33 Å². The minimum Gasteiger partial charge on any atom is -0.299 e. The molecule has 3 aliphatic rings. The van der Waals surface area contributed by atoms with Crippen LogP contribution in [0.1, 0.15) is 19.7 Å². The summed E-state index contributed by atoms with van der Waals surface area (Å²) in [6.07, 6.45) is 1.96. The van der Waals surface area contributed by atoms with E-state index in [2.05, 4.69) is 33.7 Å². The summed E-state index contributed by atoms with van der Waals surface area (Å²) in [5.41, 5.74) is 0. The van der Waals surface area contributed by atoms with Crippen molar-refractivity contribution in [3.8, 4) is 0 Å². The molecule has 6 nitrogen and oxygen atoms in total. The second-order valence-corrected chi connectivity index (χ2v) is 6.25. The number of ketones is 1. The van der Waals surface area contributed by atoms with Crippen molar-refractivity contribution < 1.29 is 4.79 Å². The van der Waals surface area contributed by atoms with E-state index >= 15 is 0 Å². The average molecular weight is 277 g/mol. The highest BCUT2D eigenvalue weighted by molar-refractivity contribution is 5.86. The number of Topliss-reactive ketones (excluding diaryl/α,β-unsaturated/α-hetero) is 1. The van der Waals surface area contributed by atoms with E-state index in [1.165, 1.54) is 0 Å². The monoisotopic (exact) mass is 277 g/mol. The maximum Gasteiger partial charge on any atom is 0.158 e. The minimum atomic E-state index is 0.0571. The minimum absolute atomic E-state index is 0.0571. The van der Waals surface area contributed by atoms with Gasteiger partial charge in [0.1, 0.15) is 12.2 Å². The zero-order valence-corrected chi connectivity index (χ0v) is 12.3. The van der Waals surface area contributed by atoms with Gasteiger partial charge in [-0.25, -0.2) is 9.67 Å². The maximum atomic E-state index is 12.5. The molecule has 3 saturated heterocycles. The van der Waals surface area contributed by atoms with Crippen molar-refractivity contribution in [3.05, 3.63) is 12.2 Å². The number of fused-ring (bicyclic) bond motifs is 3. The summed E-state index contributed by atoms with van der Waals surface area (Å²) >= 11 is 0. The summed E-state index contributed by atoms with van der Waals surface area (Å²) in [4.78, 5) is 21.5. The molecule has 1 atom stereocenters. The summed E-state index contributed by atoms with van der Waals surface area (Å²) in [7, 11) is 0. The summed E-state index contributed by atoms with van der Waals surface area (Å²) in [5.74, 6) is 1.60. The molecule has 1 unspecified atom stereocenters. The van der Waals surface area contributed by atoms with Gasteiger partial charge >= 0.3 is 0 Å². The number of carbonyl (C=O) groups is 1. The molecule has 4 rings (SSSR count). The lowest BCUT2D eigenvalue weighted by atomic mass is 10.0. The van der Waals surface area contributed by atoms with Crippen molar-refractivity contribution in [1.29, 1.82) is 0 Å². The molecule has 3 aliphatic heterocycles. The molecule has 2 bridgehead atoms. The Kier molecular flexibility index (Phi) is 3.85. The van der Waals surface area contributed by atoms with Crippen molar-refractivity contribution in [1.82, 2.24) is 24.6 Å². The van der Waals surface area contributed by atoms with Crippen LogP contribution in [0.2, 0.25) is 0 Å². The second-order valence-electron chi connectivity index (χ2n) is 6.25. The van der Waals surface area contributed by atoms with Crippen molar-refractivity contribution in [2.45, 2.75) is 32.9 Å². The topological polar surface area (TPSA) is 54.3 Å². The number of aromatic nitrogens is 3. The van der Waals surface area contributed by atoms with Gasteiger partial charge in [0, 0.05) is 39.3 Å². The third kappa shape index (κ3) is 2.76. The lowest BCUT2D eigenvalue weighted by Gasteiger charge is -2.46. The van der Waals surface area contributed by atoms with Crippen LogP contribution in [0.3, 0.4) is 0 Å². The van der Waals surface area contributed by atoms with E-state index in [-0.39, 0.29) is 11.8 Å². The highest BCUT2D eigenvalue weighted by Gasteiger charge is 2.36. The van der Waals surface area contributed by atoms with E-state index in [0.29, 0.717) is 12.3 Å². The summed E-state index contributed by atoms with van der Waals surface area (Å²) < 4.78 is 1.87. The molecular weight excluding hydrogens is 254 g/mol. The fraction of sp³-hybridized carbons (Fsp3) is 0.786. The quantitative estimate of drug-likeness (QED) is 0.761. The molecule has 3 fully saturated rings. The Balaban J connectivity index is 1.66. The van der Waals surface area contributed by atoms with Crippen molar-refractivity contribution in [2.75, 3.05) is 32.7 Å². The molecule has 0 aliphatic carbocycles. The van der Waals surface area contributed by atoms with Crippen molar-refractivity contribution in [3.63, 3.8) is 0 Å². The molecule has 6 heteroatoms. The van der Waals surface area contributed by atoms with Crippen LogP contribution >= 0.6 is 0 Å². The molecular formula is C14H23N5O. The second kappa shape index (κ2) is 5.61. The Morgan fingerprint density at radius 1 is 1.35 bits per heavy atom. The third-order valence-corrected chi connectivity index (χ3v) is 4.22. The molecule has 110 valence electrons. The summed E-state index contributed by atoms with van der Waals surface area (Å²) in [6.45, 7) is 10.3. The average Bonchev–Trinajstić information content (AvgIpc) is 2.86. The van der Waals surface area contributed by atoms with Crippen LogP contribution in [0.4, 0.5) is 0 Å². The highest BCUT2D eigenvalue weighted by Crippen LogP contribution is 2.17. The van der Waals surface area contributed by atoms with Gasteiger partial charge in [-0.3, -0.25) is 14.6 Å². The Labute approximate surface area is 119 Å². The van der Waals surface area contributed by atoms with Gasteiger partial charge in [-0.2, -0.15) is 5.10 Å². The number of nitrogens with zero attached hydrogens (tertiary/aromatic N) is 5. The number of rotatable bonds is 5. The van der Waals surface area contributed by atoms with Crippen LogP contribution in [-0.2, 0) is 17.8 Å². The number of carbonyl (C=O) groups excluding carboxylic acids is 1. The normalized spacial score (nSPS) is 29.1. The predicted octanol–water partition coefficient (Wildman–Crippen LogP) is 0.0455. The molecule has 0 radical (unpaired) electrons. The van der Waals surface area contributed by atoms with Crippen molar-refractivity contribution >= 4 is 5.78 Å². The van der Waals surface area contributed by atoms with Gasteiger partial charge in [0.05, 0.1) is 12.5 Å². The van der Waals surface area contributed by atoms with E-state index in [9.17, 15) is 4.79 Å². The third-order valence-electron chi connectivity index (χ3n) is 4.22. The maximum absolute atomic E-state index is 12.5. The first-order valence-electron chi connectivity index (χ1n) is 7.49.